The van der Waals surface area contributed by atoms with Crippen molar-refractivity contribution >= 4 is 33.8 Å². The van der Waals surface area contributed by atoms with Crippen LogP contribution in [0.2, 0.25) is 0 Å². The molecule has 0 bridgehead atoms. The summed E-state index contributed by atoms with van der Waals surface area (Å²) in [7, 11) is 0. The molecule has 20 heavy (non-hydrogen) atoms. The molecule has 2 heterocycles. The van der Waals surface area contributed by atoms with E-state index in [2.05, 4.69) is 52.3 Å². The lowest BCUT2D eigenvalue weighted by Crippen LogP contribution is -2.03. The predicted molar refractivity (Wildman–Crippen MR) is 84.1 cm³/mol. The number of hydrogen-bond donors (Lipinski definition) is 0. The number of benzene rings is 1. The molecule has 3 rings (SSSR count). The molecule has 0 aliphatic heterocycles. The van der Waals surface area contributed by atoms with Gasteiger partial charge in [0.25, 0.3) is 0 Å². The molecule has 2 aromatic heterocycles. The predicted octanol–water partition coefficient (Wildman–Crippen LogP) is 3.84. The minimum absolute atomic E-state index is 0.325. The second-order valence-corrected chi connectivity index (χ2v) is 5.83. The van der Waals surface area contributed by atoms with Crippen molar-refractivity contribution in [2.45, 2.75) is 25.0 Å². The van der Waals surface area contributed by atoms with Crippen LogP contribution >= 0.6 is 11.8 Å². The van der Waals surface area contributed by atoms with Gasteiger partial charge in [0, 0.05) is 17.2 Å². The number of fused-ring (bicyclic) bond motifs is 3. The number of thioether (sulfide) groups is 1. The molecule has 3 aromatic rings. The Bertz CT molecular complexity index is 776. The van der Waals surface area contributed by atoms with E-state index in [0.29, 0.717) is 11.2 Å². The van der Waals surface area contributed by atoms with Gasteiger partial charge < -0.3 is 4.57 Å². The molecular weight excluding hydrogens is 268 g/mol. The molecule has 102 valence electrons. The second kappa shape index (κ2) is 5.25. The van der Waals surface area contributed by atoms with Gasteiger partial charge in [0.15, 0.2) is 5.65 Å². The minimum atomic E-state index is 0.325. The highest BCUT2D eigenvalue weighted by Gasteiger charge is 2.16. The monoisotopic (exact) mass is 284 g/mol. The molecule has 0 saturated carbocycles. The molecule has 0 atom stereocenters. The second-order valence-electron chi connectivity index (χ2n) is 4.85. The van der Waals surface area contributed by atoms with Gasteiger partial charge >= 0.3 is 0 Å². The fourth-order valence-electron chi connectivity index (χ4n) is 2.36. The lowest BCUT2D eigenvalue weighted by molar-refractivity contribution is 0.632. The van der Waals surface area contributed by atoms with Crippen molar-refractivity contribution in [2.75, 3.05) is 5.75 Å². The number of para-hydroxylation sites is 1. The summed E-state index contributed by atoms with van der Waals surface area (Å²) in [5.74, 6) is 0.787. The maximum absolute atomic E-state index is 4.68. The first kappa shape index (κ1) is 13.1. The molecule has 0 saturated heterocycles. The Kier molecular flexibility index (Phi) is 3.44. The first-order chi connectivity index (χ1) is 9.72. The van der Waals surface area contributed by atoms with Crippen LogP contribution in [0.5, 0.6) is 0 Å². The van der Waals surface area contributed by atoms with Crippen molar-refractivity contribution in [3.63, 3.8) is 0 Å². The summed E-state index contributed by atoms with van der Waals surface area (Å²) in [6, 6.07) is 8.57. The van der Waals surface area contributed by atoms with Crippen LogP contribution in [0.15, 0.2) is 42.1 Å². The average molecular weight is 284 g/mol. The maximum atomic E-state index is 4.68. The Hall–Kier alpha value is -1.88. The molecule has 4 nitrogen and oxygen atoms in total. The van der Waals surface area contributed by atoms with Crippen LogP contribution in [0.4, 0.5) is 0 Å². The van der Waals surface area contributed by atoms with Crippen LogP contribution in [-0.2, 0) is 0 Å². The smallest absolute Gasteiger partial charge is 0.211 e. The summed E-state index contributed by atoms with van der Waals surface area (Å²) in [5.41, 5.74) is 2.94. The minimum Gasteiger partial charge on any atom is -0.321 e. The molecule has 0 aliphatic carbocycles. The number of rotatable bonds is 4. The van der Waals surface area contributed by atoms with E-state index in [1.165, 1.54) is 0 Å². The lowest BCUT2D eigenvalue weighted by Gasteiger charge is -2.10. The van der Waals surface area contributed by atoms with Crippen molar-refractivity contribution in [3.05, 3.63) is 36.9 Å². The summed E-state index contributed by atoms with van der Waals surface area (Å²) in [6.45, 7) is 8.03. The highest BCUT2D eigenvalue weighted by Crippen LogP contribution is 2.29. The van der Waals surface area contributed by atoms with Gasteiger partial charge in [-0.05, 0) is 19.9 Å². The summed E-state index contributed by atoms with van der Waals surface area (Å²) >= 11 is 1.55. The van der Waals surface area contributed by atoms with Gasteiger partial charge in [-0.3, -0.25) is 0 Å². The molecule has 1 aromatic carbocycles. The quantitative estimate of drug-likeness (QED) is 0.539. The fourth-order valence-corrected chi connectivity index (χ4v) is 2.88. The maximum Gasteiger partial charge on any atom is 0.211 e. The Labute approximate surface area is 121 Å². The van der Waals surface area contributed by atoms with Crippen LogP contribution in [-0.4, -0.2) is 25.5 Å². The largest absolute Gasteiger partial charge is 0.321 e. The molecule has 0 N–H and O–H groups in total. The van der Waals surface area contributed by atoms with Crippen LogP contribution in [0.25, 0.3) is 22.1 Å². The Morgan fingerprint density at radius 3 is 2.85 bits per heavy atom. The topological polar surface area (TPSA) is 43.6 Å². The summed E-state index contributed by atoms with van der Waals surface area (Å²) in [4.78, 5) is 4.68. The van der Waals surface area contributed by atoms with Gasteiger partial charge in [-0.1, -0.05) is 36.0 Å². The van der Waals surface area contributed by atoms with Gasteiger partial charge in [-0.2, -0.15) is 0 Å². The fraction of sp³-hybridized carbons (Fsp3) is 0.267. The van der Waals surface area contributed by atoms with E-state index < -0.39 is 0 Å². The van der Waals surface area contributed by atoms with Crippen LogP contribution < -0.4 is 0 Å². The van der Waals surface area contributed by atoms with E-state index in [1.54, 1.807) is 11.8 Å². The van der Waals surface area contributed by atoms with Gasteiger partial charge in [-0.25, -0.2) is 4.98 Å². The van der Waals surface area contributed by atoms with E-state index in [-0.39, 0.29) is 0 Å². The Balaban J connectivity index is 2.29. The van der Waals surface area contributed by atoms with E-state index in [9.17, 15) is 0 Å². The third kappa shape index (κ3) is 2.08. The van der Waals surface area contributed by atoms with Crippen molar-refractivity contribution in [1.29, 1.82) is 0 Å². The van der Waals surface area contributed by atoms with Crippen LogP contribution in [0.3, 0.4) is 0 Å². The molecule has 0 unspecified atom stereocenters. The van der Waals surface area contributed by atoms with Crippen LogP contribution in [0.1, 0.15) is 19.9 Å². The summed E-state index contributed by atoms with van der Waals surface area (Å²) in [5, 5.41) is 10.4. The standard InChI is InChI=1S/C15H16N4S/c1-4-9-20-15-16-14-13(17-18-15)11-7-5-6-8-12(11)19(14)10(2)3/h4-8,10H,1,9H2,2-3H3. The zero-order valence-electron chi connectivity index (χ0n) is 11.6. The zero-order valence-corrected chi connectivity index (χ0v) is 12.4. The molecular formula is C15H16N4S. The molecule has 5 heteroatoms. The Morgan fingerprint density at radius 1 is 1.30 bits per heavy atom. The highest BCUT2D eigenvalue weighted by atomic mass is 32.2. The molecule has 0 fully saturated rings. The Morgan fingerprint density at radius 2 is 2.10 bits per heavy atom. The normalized spacial score (nSPS) is 11.6. The molecule has 0 spiro atoms. The third-order valence-electron chi connectivity index (χ3n) is 3.14. The first-order valence-electron chi connectivity index (χ1n) is 6.59. The van der Waals surface area contributed by atoms with E-state index in [1.807, 2.05) is 18.2 Å². The van der Waals surface area contributed by atoms with Crippen molar-refractivity contribution < 1.29 is 0 Å². The number of hydrogen-bond acceptors (Lipinski definition) is 4. The lowest BCUT2D eigenvalue weighted by atomic mass is 10.2. The third-order valence-corrected chi connectivity index (χ3v) is 3.98. The number of aromatic nitrogens is 4. The van der Waals surface area contributed by atoms with Gasteiger partial charge in [0.2, 0.25) is 5.16 Å². The first-order valence-corrected chi connectivity index (χ1v) is 7.58. The van der Waals surface area contributed by atoms with Gasteiger partial charge in [0.05, 0.1) is 5.52 Å². The molecule has 0 amide bonds. The van der Waals surface area contributed by atoms with Gasteiger partial charge in [0.1, 0.15) is 5.52 Å². The summed E-state index contributed by atoms with van der Waals surface area (Å²) in [6.07, 6.45) is 1.84. The van der Waals surface area contributed by atoms with Crippen molar-refractivity contribution in [2.24, 2.45) is 0 Å². The SMILES string of the molecule is C=CCSc1nnc2c3ccccc3n(C(C)C)c2n1. The zero-order chi connectivity index (χ0) is 14.1. The van der Waals surface area contributed by atoms with Crippen LogP contribution in [0, 0.1) is 0 Å². The van der Waals surface area contributed by atoms with Crippen molar-refractivity contribution in [1.82, 2.24) is 19.7 Å². The highest BCUT2D eigenvalue weighted by molar-refractivity contribution is 7.99. The number of nitrogens with zero attached hydrogens (tertiary/aromatic N) is 4. The summed E-state index contributed by atoms with van der Waals surface area (Å²) < 4.78 is 2.22. The van der Waals surface area contributed by atoms with E-state index in [4.69, 9.17) is 0 Å². The average Bonchev–Trinajstić information content (AvgIpc) is 2.78. The van der Waals surface area contributed by atoms with E-state index >= 15 is 0 Å². The molecule has 0 radical (unpaired) electrons. The molecule has 0 aliphatic rings. The van der Waals surface area contributed by atoms with Gasteiger partial charge in [-0.15, -0.1) is 16.8 Å². The van der Waals surface area contributed by atoms with E-state index in [0.717, 1.165) is 27.8 Å². The van der Waals surface area contributed by atoms with Crippen molar-refractivity contribution in [3.8, 4) is 0 Å².